The van der Waals surface area contributed by atoms with Gasteiger partial charge in [-0.05, 0) is 37.5 Å². The summed E-state index contributed by atoms with van der Waals surface area (Å²) in [5.74, 6) is -0.268. The first-order valence-electron chi connectivity index (χ1n) is 10.8. The Labute approximate surface area is 193 Å². The number of urea groups is 1. The number of carbonyl (C=O) groups is 2. The van der Waals surface area contributed by atoms with Gasteiger partial charge in [-0.25, -0.2) is 15.3 Å². The summed E-state index contributed by atoms with van der Waals surface area (Å²) < 4.78 is 0. The number of hydrogen-bond acceptors (Lipinski definition) is 5. The number of para-hydroxylation sites is 1. The molecule has 0 atom stereocenters. The number of anilines is 1. The van der Waals surface area contributed by atoms with Crippen LogP contribution in [0.2, 0.25) is 0 Å². The van der Waals surface area contributed by atoms with Crippen LogP contribution >= 0.6 is 0 Å². The minimum absolute atomic E-state index is 0.132. The second kappa shape index (κ2) is 11.1. The number of nitrogens with one attached hydrogen (secondary N) is 3. The number of rotatable bonds is 7. The van der Waals surface area contributed by atoms with E-state index in [-0.39, 0.29) is 11.6 Å². The van der Waals surface area contributed by atoms with Crippen LogP contribution < -0.4 is 16.1 Å². The first-order chi connectivity index (χ1) is 16.0. The number of aliphatic imine (C=N–C) groups is 1. The van der Waals surface area contributed by atoms with E-state index in [1.54, 1.807) is 23.4 Å². The maximum atomic E-state index is 12.7. The van der Waals surface area contributed by atoms with E-state index in [1.165, 1.54) is 6.21 Å². The van der Waals surface area contributed by atoms with Gasteiger partial charge in [-0.2, -0.15) is 0 Å². The third-order valence-corrected chi connectivity index (χ3v) is 5.67. The lowest BCUT2D eigenvalue weighted by atomic mass is 9.81. The Bertz CT molecular complexity index is 1030. The monoisotopic (exact) mass is 447 g/mol. The van der Waals surface area contributed by atoms with E-state index >= 15 is 0 Å². The molecule has 1 fully saturated rings. The van der Waals surface area contributed by atoms with Crippen LogP contribution in [-0.2, 0) is 10.3 Å². The van der Waals surface area contributed by atoms with Crippen LogP contribution in [0.15, 0.2) is 89.7 Å². The molecule has 2 aromatic carbocycles. The largest absolute Gasteiger partial charge is 0.361 e. The maximum absolute atomic E-state index is 12.7. The topological polar surface area (TPSA) is 106 Å². The lowest BCUT2D eigenvalue weighted by Gasteiger charge is -2.43. The highest BCUT2D eigenvalue weighted by Gasteiger charge is 2.37. The first kappa shape index (κ1) is 23.7. The van der Waals surface area contributed by atoms with Crippen LogP contribution in [-0.4, -0.2) is 41.3 Å². The minimum atomic E-state index is -0.649. The summed E-state index contributed by atoms with van der Waals surface area (Å²) in [6.07, 6.45) is 4.20. The quantitative estimate of drug-likeness (QED) is 0.224. The van der Waals surface area contributed by atoms with Crippen molar-refractivity contribution in [2.24, 2.45) is 4.99 Å². The number of likely N-dealkylation sites (tertiary alicyclic amines) is 1. The maximum Gasteiger partial charge on any atom is 0.321 e. The fourth-order valence-corrected chi connectivity index (χ4v) is 3.84. The first-order valence-corrected chi connectivity index (χ1v) is 10.8. The fourth-order valence-electron chi connectivity index (χ4n) is 3.84. The summed E-state index contributed by atoms with van der Waals surface area (Å²) in [4.78, 5) is 30.4. The number of hydrogen-bond donors (Lipinski definition) is 4. The molecule has 1 aliphatic rings. The second-order valence-electron chi connectivity index (χ2n) is 7.75. The molecule has 172 valence electrons. The van der Waals surface area contributed by atoms with Gasteiger partial charge in [0.25, 0.3) is 5.91 Å². The number of hydroxylamine groups is 1. The minimum Gasteiger partial charge on any atom is -0.361 e. The molecule has 1 aliphatic heterocycles. The normalized spacial score (nSPS) is 15.7. The molecule has 1 saturated heterocycles. The molecule has 0 saturated carbocycles. The van der Waals surface area contributed by atoms with Crippen molar-refractivity contribution in [3.05, 3.63) is 90.3 Å². The zero-order valence-electron chi connectivity index (χ0n) is 18.6. The van der Waals surface area contributed by atoms with Gasteiger partial charge in [0.1, 0.15) is 5.82 Å². The van der Waals surface area contributed by atoms with Gasteiger partial charge < -0.3 is 15.5 Å². The average Bonchev–Trinajstić information content (AvgIpc) is 2.85. The molecule has 0 radical (unpaired) electrons. The predicted molar refractivity (Wildman–Crippen MR) is 129 cm³/mol. The van der Waals surface area contributed by atoms with Gasteiger partial charge in [-0.1, -0.05) is 61.2 Å². The van der Waals surface area contributed by atoms with Crippen LogP contribution in [0.25, 0.3) is 0 Å². The summed E-state index contributed by atoms with van der Waals surface area (Å²) in [6, 6.07) is 19.2. The molecule has 3 amide bonds. The van der Waals surface area contributed by atoms with E-state index in [1.807, 2.05) is 60.7 Å². The van der Waals surface area contributed by atoms with Gasteiger partial charge in [0.05, 0.1) is 11.1 Å². The SMILES string of the molecule is C=C(/N=C\C(=C/C)C(=O)NO)NC1(c2ccccc2)CCN(C(=O)Nc2ccccc2)CC1. The molecule has 0 bridgehead atoms. The molecule has 3 rings (SSSR count). The van der Waals surface area contributed by atoms with Crippen molar-refractivity contribution in [2.45, 2.75) is 25.3 Å². The van der Waals surface area contributed by atoms with Gasteiger partial charge in [-0.15, -0.1) is 0 Å². The molecule has 1 heterocycles. The summed E-state index contributed by atoms with van der Waals surface area (Å²) >= 11 is 0. The van der Waals surface area contributed by atoms with E-state index in [2.05, 4.69) is 22.2 Å². The zero-order valence-corrected chi connectivity index (χ0v) is 18.6. The Morgan fingerprint density at radius 2 is 1.67 bits per heavy atom. The summed E-state index contributed by atoms with van der Waals surface area (Å²) in [5, 5.41) is 15.2. The van der Waals surface area contributed by atoms with Crippen LogP contribution in [0.5, 0.6) is 0 Å². The lowest BCUT2D eigenvalue weighted by molar-refractivity contribution is -0.124. The molecule has 8 heteroatoms. The van der Waals surface area contributed by atoms with Crippen molar-refractivity contribution in [1.29, 1.82) is 0 Å². The Hall–Kier alpha value is -3.91. The van der Waals surface area contributed by atoms with E-state index in [9.17, 15) is 9.59 Å². The van der Waals surface area contributed by atoms with Gasteiger partial charge in [-0.3, -0.25) is 10.0 Å². The third kappa shape index (κ3) is 6.08. The van der Waals surface area contributed by atoms with Crippen molar-refractivity contribution < 1.29 is 14.8 Å². The standard InChI is InChI=1S/C25H29N5O3/c1-3-20(23(31)29-33)18-26-19(2)28-25(21-10-6-4-7-11-21)14-16-30(17-15-25)24(32)27-22-12-8-5-9-13-22/h3-13,18,28,33H,2,14-17H2,1H3,(H,27,32)(H,29,31)/b20-3+,26-18-. The number of piperidine rings is 1. The van der Waals surface area contributed by atoms with Crippen molar-refractivity contribution in [3.63, 3.8) is 0 Å². The molecule has 33 heavy (non-hydrogen) atoms. The third-order valence-electron chi connectivity index (χ3n) is 5.67. The highest BCUT2D eigenvalue weighted by molar-refractivity contribution is 6.11. The smallest absolute Gasteiger partial charge is 0.321 e. The Balaban J connectivity index is 1.72. The molecule has 8 nitrogen and oxygen atoms in total. The average molecular weight is 448 g/mol. The summed E-state index contributed by atoms with van der Waals surface area (Å²) in [6.45, 7) is 6.76. The highest BCUT2D eigenvalue weighted by Crippen LogP contribution is 2.34. The predicted octanol–water partition coefficient (Wildman–Crippen LogP) is 3.79. The molecule has 0 aliphatic carbocycles. The molecule has 4 N–H and O–H groups in total. The molecular formula is C25H29N5O3. The molecular weight excluding hydrogens is 418 g/mol. The Kier molecular flexibility index (Phi) is 7.99. The van der Waals surface area contributed by atoms with Crippen LogP contribution in [0.4, 0.5) is 10.5 Å². The Morgan fingerprint density at radius 3 is 2.24 bits per heavy atom. The molecule has 0 spiro atoms. The van der Waals surface area contributed by atoms with Crippen molar-refractivity contribution in [3.8, 4) is 0 Å². The van der Waals surface area contributed by atoms with E-state index in [4.69, 9.17) is 5.21 Å². The van der Waals surface area contributed by atoms with Crippen molar-refractivity contribution in [1.82, 2.24) is 15.7 Å². The number of amides is 3. The van der Waals surface area contributed by atoms with E-state index < -0.39 is 11.4 Å². The lowest BCUT2D eigenvalue weighted by Crippen LogP contribution is -2.52. The van der Waals surface area contributed by atoms with Crippen LogP contribution in [0, 0.1) is 0 Å². The highest BCUT2D eigenvalue weighted by atomic mass is 16.5. The number of nitrogens with zero attached hydrogens (tertiary/aromatic N) is 2. The van der Waals surface area contributed by atoms with Crippen molar-refractivity contribution >= 4 is 23.8 Å². The van der Waals surface area contributed by atoms with Crippen LogP contribution in [0.1, 0.15) is 25.3 Å². The number of carbonyl (C=O) groups excluding carboxylic acids is 2. The van der Waals surface area contributed by atoms with Gasteiger partial charge >= 0.3 is 6.03 Å². The van der Waals surface area contributed by atoms with Gasteiger partial charge in [0.2, 0.25) is 0 Å². The van der Waals surface area contributed by atoms with Crippen LogP contribution in [0.3, 0.4) is 0 Å². The van der Waals surface area contributed by atoms with E-state index in [0.717, 1.165) is 11.3 Å². The zero-order chi connectivity index (χ0) is 23.7. The van der Waals surface area contributed by atoms with Gasteiger partial charge in [0.15, 0.2) is 0 Å². The molecule has 2 aromatic rings. The van der Waals surface area contributed by atoms with E-state index in [0.29, 0.717) is 31.8 Å². The number of allylic oxidation sites excluding steroid dienone is 1. The Morgan fingerprint density at radius 1 is 1.06 bits per heavy atom. The summed E-state index contributed by atoms with van der Waals surface area (Å²) in [5.41, 5.74) is 3.17. The van der Waals surface area contributed by atoms with Crippen molar-refractivity contribution in [2.75, 3.05) is 18.4 Å². The second-order valence-corrected chi connectivity index (χ2v) is 7.75. The summed E-state index contributed by atoms with van der Waals surface area (Å²) in [7, 11) is 0. The molecule has 0 unspecified atom stereocenters. The van der Waals surface area contributed by atoms with Gasteiger partial charge in [0, 0.05) is 25.0 Å². The molecule has 0 aromatic heterocycles. The fraction of sp³-hybridized carbons (Fsp3) is 0.240. The number of benzene rings is 2.